The highest BCUT2D eigenvalue weighted by Crippen LogP contribution is 2.22. The van der Waals surface area contributed by atoms with Crippen molar-refractivity contribution in [1.29, 1.82) is 0 Å². The highest BCUT2D eigenvalue weighted by molar-refractivity contribution is 7.80. The minimum atomic E-state index is 0.220. The number of nitrogens with zero attached hydrogens (tertiary/aromatic N) is 3. The van der Waals surface area contributed by atoms with Crippen molar-refractivity contribution in [1.82, 2.24) is 0 Å². The molecule has 0 heterocycles. The number of hydrogen-bond acceptors (Lipinski definition) is 2. The first-order valence-electron chi connectivity index (χ1n) is 3.29. The van der Waals surface area contributed by atoms with E-state index in [4.69, 9.17) is 35.1 Å². The first-order chi connectivity index (χ1) is 6.15. The van der Waals surface area contributed by atoms with Gasteiger partial charge in [0.2, 0.25) is 0 Å². The quantitative estimate of drug-likeness (QED) is 0.354. The SMILES string of the molecule is [N-]=[N+]=Nc1ccc(C(N)=S)c(Cl)c1. The van der Waals surface area contributed by atoms with Crippen LogP contribution in [0.1, 0.15) is 5.56 Å². The van der Waals surface area contributed by atoms with Gasteiger partial charge in [0.05, 0.1) is 5.02 Å². The summed E-state index contributed by atoms with van der Waals surface area (Å²) in [6.07, 6.45) is 0. The fourth-order valence-electron chi connectivity index (χ4n) is 0.818. The lowest BCUT2D eigenvalue weighted by molar-refractivity contribution is 1.47. The molecule has 0 aliphatic rings. The Morgan fingerprint density at radius 1 is 1.62 bits per heavy atom. The Bertz CT molecular complexity index is 397. The van der Waals surface area contributed by atoms with Crippen LogP contribution in [-0.4, -0.2) is 4.99 Å². The predicted octanol–water partition coefficient (Wildman–Crippen LogP) is 2.92. The van der Waals surface area contributed by atoms with E-state index < -0.39 is 0 Å². The molecular formula is C7H5ClN4S. The average Bonchev–Trinajstić information content (AvgIpc) is 2.04. The third-order valence-corrected chi connectivity index (χ3v) is 1.91. The van der Waals surface area contributed by atoms with Crippen molar-refractivity contribution in [2.75, 3.05) is 0 Å². The van der Waals surface area contributed by atoms with E-state index in [2.05, 4.69) is 10.0 Å². The van der Waals surface area contributed by atoms with Gasteiger partial charge in [0, 0.05) is 16.2 Å². The van der Waals surface area contributed by atoms with Gasteiger partial charge in [0.25, 0.3) is 0 Å². The van der Waals surface area contributed by atoms with Crippen molar-refractivity contribution in [2.45, 2.75) is 0 Å². The van der Waals surface area contributed by atoms with Crippen LogP contribution in [0, 0.1) is 0 Å². The summed E-state index contributed by atoms with van der Waals surface area (Å²) in [5.41, 5.74) is 14.6. The monoisotopic (exact) mass is 212 g/mol. The summed E-state index contributed by atoms with van der Waals surface area (Å²) in [4.78, 5) is 2.84. The number of halogens is 1. The normalized spacial score (nSPS) is 9.00. The lowest BCUT2D eigenvalue weighted by atomic mass is 10.2. The van der Waals surface area contributed by atoms with Crippen LogP contribution in [0.15, 0.2) is 23.3 Å². The molecule has 0 aromatic heterocycles. The second kappa shape index (κ2) is 4.09. The lowest BCUT2D eigenvalue weighted by Gasteiger charge is -2.01. The van der Waals surface area contributed by atoms with Crippen molar-refractivity contribution >= 4 is 34.5 Å². The zero-order valence-electron chi connectivity index (χ0n) is 6.44. The Labute approximate surface area is 84.9 Å². The smallest absolute Gasteiger partial charge is 0.105 e. The van der Waals surface area contributed by atoms with Crippen LogP contribution < -0.4 is 5.73 Å². The zero-order chi connectivity index (χ0) is 9.84. The second-order valence-electron chi connectivity index (χ2n) is 2.22. The summed E-state index contributed by atoms with van der Waals surface area (Å²) in [5, 5.41) is 3.77. The van der Waals surface area contributed by atoms with E-state index in [-0.39, 0.29) is 4.99 Å². The first kappa shape index (κ1) is 9.80. The van der Waals surface area contributed by atoms with E-state index in [1.54, 1.807) is 12.1 Å². The molecule has 0 amide bonds. The Morgan fingerprint density at radius 2 is 2.31 bits per heavy atom. The van der Waals surface area contributed by atoms with Gasteiger partial charge in [-0.05, 0) is 11.6 Å². The van der Waals surface area contributed by atoms with Gasteiger partial charge in [-0.3, -0.25) is 0 Å². The molecular weight excluding hydrogens is 208 g/mol. The third kappa shape index (κ3) is 2.32. The fourth-order valence-corrected chi connectivity index (χ4v) is 1.33. The molecule has 0 saturated carbocycles. The molecule has 0 saturated heterocycles. The summed E-state index contributed by atoms with van der Waals surface area (Å²) in [6.45, 7) is 0. The van der Waals surface area contributed by atoms with Crippen LogP contribution in [-0.2, 0) is 0 Å². The van der Waals surface area contributed by atoms with Gasteiger partial charge in [0.1, 0.15) is 4.99 Å². The van der Waals surface area contributed by atoms with Gasteiger partial charge >= 0.3 is 0 Å². The maximum absolute atomic E-state index is 8.15. The molecule has 0 aliphatic carbocycles. The maximum atomic E-state index is 8.15. The summed E-state index contributed by atoms with van der Waals surface area (Å²) in [7, 11) is 0. The molecule has 0 bridgehead atoms. The summed E-state index contributed by atoms with van der Waals surface area (Å²) >= 11 is 10.6. The summed E-state index contributed by atoms with van der Waals surface area (Å²) in [6, 6.07) is 4.73. The lowest BCUT2D eigenvalue weighted by Crippen LogP contribution is -2.09. The van der Waals surface area contributed by atoms with Crippen LogP contribution in [0.25, 0.3) is 10.4 Å². The number of hydrogen-bond donors (Lipinski definition) is 1. The average molecular weight is 213 g/mol. The molecule has 1 rings (SSSR count). The number of nitrogens with two attached hydrogens (primary N) is 1. The van der Waals surface area contributed by atoms with E-state index >= 15 is 0 Å². The summed E-state index contributed by atoms with van der Waals surface area (Å²) < 4.78 is 0. The van der Waals surface area contributed by atoms with Crippen molar-refractivity contribution < 1.29 is 0 Å². The van der Waals surface area contributed by atoms with Crippen LogP contribution in [0.4, 0.5) is 5.69 Å². The molecule has 2 N–H and O–H groups in total. The van der Waals surface area contributed by atoms with Gasteiger partial charge in [-0.15, -0.1) is 0 Å². The number of thiocarbonyl (C=S) groups is 1. The molecule has 0 fully saturated rings. The molecule has 13 heavy (non-hydrogen) atoms. The minimum Gasteiger partial charge on any atom is -0.389 e. The largest absolute Gasteiger partial charge is 0.389 e. The third-order valence-electron chi connectivity index (χ3n) is 1.38. The molecule has 0 spiro atoms. The molecule has 0 unspecified atom stereocenters. The number of rotatable bonds is 2. The number of benzene rings is 1. The van der Waals surface area contributed by atoms with Crippen LogP contribution >= 0.6 is 23.8 Å². The molecule has 0 atom stereocenters. The molecule has 4 nitrogen and oxygen atoms in total. The van der Waals surface area contributed by atoms with Gasteiger partial charge in [-0.2, -0.15) is 0 Å². The summed E-state index contributed by atoms with van der Waals surface area (Å²) in [5.74, 6) is 0. The van der Waals surface area contributed by atoms with Crippen LogP contribution in [0.2, 0.25) is 5.02 Å². The topological polar surface area (TPSA) is 74.8 Å². The Morgan fingerprint density at radius 3 is 2.77 bits per heavy atom. The van der Waals surface area contributed by atoms with E-state index in [0.717, 1.165) is 0 Å². The van der Waals surface area contributed by atoms with Crippen LogP contribution in [0.5, 0.6) is 0 Å². The van der Waals surface area contributed by atoms with Gasteiger partial charge in [0.15, 0.2) is 0 Å². The maximum Gasteiger partial charge on any atom is 0.105 e. The molecule has 1 aromatic carbocycles. The highest BCUT2D eigenvalue weighted by Gasteiger charge is 2.02. The zero-order valence-corrected chi connectivity index (χ0v) is 8.01. The van der Waals surface area contributed by atoms with Gasteiger partial charge in [-0.25, -0.2) is 0 Å². The molecule has 66 valence electrons. The van der Waals surface area contributed by atoms with Crippen molar-refractivity contribution in [3.8, 4) is 0 Å². The van der Waals surface area contributed by atoms with E-state index in [0.29, 0.717) is 16.3 Å². The van der Waals surface area contributed by atoms with Crippen molar-refractivity contribution in [3.05, 3.63) is 39.2 Å². The van der Waals surface area contributed by atoms with Crippen molar-refractivity contribution in [2.24, 2.45) is 10.8 Å². The van der Waals surface area contributed by atoms with Crippen LogP contribution in [0.3, 0.4) is 0 Å². The Hall–Kier alpha value is -1.29. The fraction of sp³-hybridized carbons (Fsp3) is 0. The minimum absolute atomic E-state index is 0.220. The van der Waals surface area contributed by atoms with Gasteiger partial charge in [-0.1, -0.05) is 41.1 Å². The number of azide groups is 1. The molecule has 1 aromatic rings. The van der Waals surface area contributed by atoms with E-state index in [1.165, 1.54) is 6.07 Å². The van der Waals surface area contributed by atoms with Gasteiger partial charge < -0.3 is 5.73 Å². The van der Waals surface area contributed by atoms with E-state index in [1.807, 2.05) is 0 Å². The van der Waals surface area contributed by atoms with E-state index in [9.17, 15) is 0 Å². The standard InChI is InChI=1S/C7H5ClN4S/c8-6-3-4(11-12-10)1-2-5(6)7(9)13/h1-3H,(H2,9,13). The Balaban J connectivity index is 3.19. The molecule has 0 aliphatic heterocycles. The first-order valence-corrected chi connectivity index (χ1v) is 4.08. The Kier molecular flexibility index (Phi) is 3.08. The molecule has 6 heteroatoms. The molecule has 0 radical (unpaired) electrons. The predicted molar refractivity (Wildman–Crippen MR) is 56.1 cm³/mol. The second-order valence-corrected chi connectivity index (χ2v) is 3.06. The van der Waals surface area contributed by atoms with Crippen molar-refractivity contribution in [3.63, 3.8) is 0 Å². The highest BCUT2D eigenvalue weighted by atomic mass is 35.5.